The molecule has 29 heavy (non-hydrogen) atoms. The van der Waals surface area contributed by atoms with E-state index in [2.05, 4.69) is 0 Å². The zero-order valence-corrected chi connectivity index (χ0v) is 16.1. The standard InChI is InChI=1S/C20H24N4O5/c21-17(25)12-22-5-7-23(8-6-22)18(26)13-3-4-15-16(10-13)20(28)24(19(15)27)11-14-2-1-9-29-14/h3-4,10,14H,1-2,5-9,11-12H2,(H2,21,25). The van der Waals surface area contributed by atoms with Crippen molar-refractivity contribution in [2.75, 3.05) is 45.9 Å². The summed E-state index contributed by atoms with van der Waals surface area (Å²) in [7, 11) is 0. The monoisotopic (exact) mass is 400 g/mol. The average molecular weight is 400 g/mol. The van der Waals surface area contributed by atoms with E-state index < -0.39 is 0 Å². The van der Waals surface area contributed by atoms with Gasteiger partial charge in [-0.2, -0.15) is 0 Å². The van der Waals surface area contributed by atoms with Gasteiger partial charge in [0.05, 0.1) is 30.3 Å². The maximum atomic E-state index is 12.9. The van der Waals surface area contributed by atoms with E-state index in [-0.39, 0.29) is 48.4 Å². The van der Waals surface area contributed by atoms with Gasteiger partial charge in [0.2, 0.25) is 5.91 Å². The van der Waals surface area contributed by atoms with Crippen LogP contribution in [0.2, 0.25) is 0 Å². The number of benzene rings is 1. The van der Waals surface area contributed by atoms with Gasteiger partial charge in [-0.1, -0.05) is 0 Å². The molecule has 4 amide bonds. The number of rotatable bonds is 5. The molecular weight excluding hydrogens is 376 g/mol. The third-order valence-corrected chi connectivity index (χ3v) is 5.67. The number of hydrogen-bond acceptors (Lipinski definition) is 6. The van der Waals surface area contributed by atoms with Crippen LogP contribution in [0.15, 0.2) is 18.2 Å². The lowest BCUT2D eigenvalue weighted by molar-refractivity contribution is -0.119. The quantitative estimate of drug-likeness (QED) is 0.680. The lowest BCUT2D eigenvalue weighted by Gasteiger charge is -2.34. The van der Waals surface area contributed by atoms with E-state index in [9.17, 15) is 19.2 Å². The van der Waals surface area contributed by atoms with E-state index in [1.165, 1.54) is 11.0 Å². The molecule has 0 radical (unpaired) electrons. The zero-order valence-electron chi connectivity index (χ0n) is 16.1. The van der Waals surface area contributed by atoms with E-state index in [1.807, 2.05) is 4.90 Å². The molecule has 9 nitrogen and oxygen atoms in total. The molecule has 3 aliphatic rings. The largest absolute Gasteiger partial charge is 0.376 e. The second-order valence-corrected chi connectivity index (χ2v) is 7.65. The van der Waals surface area contributed by atoms with Crippen molar-refractivity contribution in [2.45, 2.75) is 18.9 Å². The highest BCUT2D eigenvalue weighted by Gasteiger charge is 2.38. The molecule has 4 rings (SSSR count). The molecule has 1 atom stereocenters. The van der Waals surface area contributed by atoms with E-state index in [1.54, 1.807) is 17.0 Å². The molecule has 9 heteroatoms. The molecule has 0 saturated carbocycles. The van der Waals surface area contributed by atoms with Crippen molar-refractivity contribution in [1.82, 2.24) is 14.7 Å². The number of hydrogen-bond donors (Lipinski definition) is 1. The number of amides is 4. The molecule has 1 unspecified atom stereocenters. The number of piperazine rings is 1. The Morgan fingerprint density at radius 3 is 2.45 bits per heavy atom. The summed E-state index contributed by atoms with van der Waals surface area (Å²) in [5.41, 5.74) is 6.20. The molecule has 1 aromatic rings. The minimum atomic E-state index is -0.390. The van der Waals surface area contributed by atoms with Crippen LogP contribution in [0, 0.1) is 0 Å². The van der Waals surface area contributed by atoms with Crippen molar-refractivity contribution < 1.29 is 23.9 Å². The first-order chi connectivity index (χ1) is 13.9. The van der Waals surface area contributed by atoms with E-state index in [0.717, 1.165) is 12.8 Å². The Hall–Kier alpha value is -2.78. The van der Waals surface area contributed by atoms with Crippen LogP contribution in [0.25, 0.3) is 0 Å². The van der Waals surface area contributed by atoms with Crippen LogP contribution in [0.5, 0.6) is 0 Å². The maximum absolute atomic E-state index is 12.9. The number of fused-ring (bicyclic) bond motifs is 1. The molecule has 0 bridgehead atoms. The molecule has 0 aliphatic carbocycles. The van der Waals surface area contributed by atoms with Crippen LogP contribution in [0.1, 0.15) is 43.9 Å². The van der Waals surface area contributed by atoms with Gasteiger partial charge in [0, 0.05) is 38.3 Å². The van der Waals surface area contributed by atoms with E-state index >= 15 is 0 Å². The fraction of sp³-hybridized carbons (Fsp3) is 0.500. The fourth-order valence-corrected chi connectivity index (χ4v) is 4.09. The van der Waals surface area contributed by atoms with Crippen molar-refractivity contribution in [2.24, 2.45) is 5.73 Å². The van der Waals surface area contributed by atoms with Crippen molar-refractivity contribution in [1.29, 1.82) is 0 Å². The van der Waals surface area contributed by atoms with Crippen LogP contribution in [0.4, 0.5) is 0 Å². The van der Waals surface area contributed by atoms with Crippen molar-refractivity contribution in [3.8, 4) is 0 Å². The summed E-state index contributed by atoms with van der Waals surface area (Å²) in [4.78, 5) is 54.1. The summed E-state index contributed by atoms with van der Waals surface area (Å²) in [5.74, 6) is -1.29. The smallest absolute Gasteiger partial charge is 0.261 e. The van der Waals surface area contributed by atoms with Gasteiger partial charge in [0.15, 0.2) is 0 Å². The number of imide groups is 1. The first kappa shape index (κ1) is 19.5. The highest BCUT2D eigenvalue weighted by molar-refractivity contribution is 6.22. The van der Waals surface area contributed by atoms with Gasteiger partial charge in [0.1, 0.15) is 0 Å². The highest BCUT2D eigenvalue weighted by Crippen LogP contribution is 2.26. The number of nitrogens with two attached hydrogens (primary N) is 1. The number of nitrogens with zero attached hydrogens (tertiary/aromatic N) is 3. The summed E-state index contributed by atoms with van der Waals surface area (Å²) in [6, 6.07) is 4.67. The molecule has 3 aliphatic heterocycles. The molecule has 3 heterocycles. The summed E-state index contributed by atoms with van der Waals surface area (Å²) in [5, 5.41) is 0. The van der Waals surface area contributed by atoms with Gasteiger partial charge in [-0.3, -0.25) is 29.0 Å². The van der Waals surface area contributed by atoms with Gasteiger partial charge in [0.25, 0.3) is 17.7 Å². The molecule has 2 N–H and O–H groups in total. The van der Waals surface area contributed by atoms with Crippen molar-refractivity contribution in [3.05, 3.63) is 34.9 Å². The first-order valence-electron chi connectivity index (χ1n) is 9.86. The molecule has 2 fully saturated rings. The number of ether oxygens (including phenoxy) is 1. The predicted octanol–water partition coefficient (Wildman–Crippen LogP) is -0.295. The number of carbonyl (C=O) groups excluding carboxylic acids is 4. The van der Waals surface area contributed by atoms with Crippen LogP contribution in [-0.2, 0) is 9.53 Å². The van der Waals surface area contributed by atoms with Crippen molar-refractivity contribution >= 4 is 23.6 Å². The number of primary amides is 1. The average Bonchev–Trinajstić information content (AvgIpc) is 3.30. The Morgan fingerprint density at radius 2 is 1.79 bits per heavy atom. The second kappa shape index (κ2) is 7.92. The zero-order chi connectivity index (χ0) is 20.5. The van der Waals surface area contributed by atoms with Gasteiger partial charge in [-0.25, -0.2) is 0 Å². The third kappa shape index (κ3) is 3.88. The van der Waals surface area contributed by atoms with Gasteiger partial charge >= 0.3 is 0 Å². The van der Waals surface area contributed by atoms with Crippen LogP contribution >= 0.6 is 0 Å². The van der Waals surface area contributed by atoms with E-state index in [0.29, 0.717) is 43.9 Å². The molecule has 0 spiro atoms. The third-order valence-electron chi connectivity index (χ3n) is 5.67. The summed E-state index contributed by atoms with van der Waals surface area (Å²) < 4.78 is 5.54. The Bertz CT molecular complexity index is 856. The second-order valence-electron chi connectivity index (χ2n) is 7.65. The summed E-state index contributed by atoms with van der Waals surface area (Å²) >= 11 is 0. The van der Waals surface area contributed by atoms with Crippen LogP contribution < -0.4 is 5.73 Å². The lowest BCUT2D eigenvalue weighted by Crippen LogP contribution is -2.50. The maximum Gasteiger partial charge on any atom is 0.261 e. The minimum absolute atomic E-state index is 0.116. The molecule has 0 aromatic heterocycles. The van der Waals surface area contributed by atoms with Crippen LogP contribution in [-0.4, -0.2) is 90.3 Å². The predicted molar refractivity (Wildman–Crippen MR) is 102 cm³/mol. The fourth-order valence-electron chi connectivity index (χ4n) is 4.09. The summed E-state index contributed by atoms with van der Waals surface area (Å²) in [6.45, 7) is 3.15. The van der Waals surface area contributed by atoms with E-state index in [4.69, 9.17) is 10.5 Å². The Kier molecular flexibility index (Phi) is 5.33. The Labute approximate surface area is 168 Å². The normalized spacial score (nSPS) is 22.3. The lowest BCUT2D eigenvalue weighted by atomic mass is 10.0. The Morgan fingerprint density at radius 1 is 1.07 bits per heavy atom. The Balaban J connectivity index is 1.44. The van der Waals surface area contributed by atoms with Crippen LogP contribution in [0.3, 0.4) is 0 Å². The van der Waals surface area contributed by atoms with Gasteiger partial charge < -0.3 is 15.4 Å². The van der Waals surface area contributed by atoms with Gasteiger partial charge in [-0.05, 0) is 31.0 Å². The molecule has 1 aromatic carbocycles. The molecule has 2 saturated heterocycles. The molecular formula is C20H24N4O5. The van der Waals surface area contributed by atoms with Crippen molar-refractivity contribution in [3.63, 3.8) is 0 Å². The minimum Gasteiger partial charge on any atom is -0.376 e. The highest BCUT2D eigenvalue weighted by atomic mass is 16.5. The SMILES string of the molecule is NC(=O)CN1CCN(C(=O)c2ccc3c(c2)C(=O)N(CC2CCCO2)C3=O)CC1. The number of carbonyl (C=O) groups is 4. The first-order valence-corrected chi connectivity index (χ1v) is 9.86. The van der Waals surface area contributed by atoms with Gasteiger partial charge in [-0.15, -0.1) is 0 Å². The molecule has 154 valence electrons. The summed E-state index contributed by atoms with van der Waals surface area (Å²) in [6.07, 6.45) is 1.65. The topological polar surface area (TPSA) is 113 Å².